The maximum absolute atomic E-state index is 13.1. The van der Waals surface area contributed by atoms with Crippen molar-refractivity contribution in [2.24, 2.45) is 0 Å². The zero-order chi connectivity index (χ0) is 29.0. The SMILES string of the molecule is CCCCC/C=C/C/C=C/C/C=C/C/C=C/CCCC(=O)N(Cc1ccc(O)c(Cl)c1)Cc1ccc(O)c(Cl)c1. The third-order valence-corrected chi connectivity index (χ3v) is 6.95. The van der Waals surface area contributed by atoms with E-state index < -0.39 is 0 Å². The molecule has 0 radical (unpaired) electrons. The molecule has 0 unspecified atom stereocenters. The number of carbonyl (C=O) groups is 1. The lowest BCUT2D eigenvalue weighted by Gasteiger charge is -2.23. The van der Waals surface area contributed by atoms with Gasteiger partial charge in [0.05, 0.1) is 10.0 Å². The molecule has 40 heavy (non-hydrogen) atoms. The number of allylic oxidation sites excluding steroid dienone is 8. The Labute approximate surface area is 250 Å². The van der Waals surface area contributed by atoms with Gasteiger partial charge in [0.25, 0.3) is 0 Å². The van der Waals surface area contributed by atoms with Crippen molar-refractivity contribution >= 4 is 29.1 Å². The van der Waals surface area contributed by atoms with Gasteiger partial charge in [-0.05, 0) is 80.3 Å². The molecule has 216 valence electrons. The number of phenols is 2. The third kappa shape index (κ3) is 13.9. The van der Waals surface area contributed by atoms with Crippen LogP contribution in [0, 0.1) is 0 Å². The normalized spacial score (nSPS) is 12.0. The van der Waals surface area contributed by atoms with Crippen LogP contribution < -0.4 is 0 Å². The van der Waals surface area contributed by atoms with Crippen molar-refractivity contribution in [3.05, 3.63) is 106 Å². The molecule has 0 fully saturated rings. The van der Waals surface area contributed by atoms with E-state index in [1.165, 1.54) is 37.8 Å². The number of nitrogens with zero attached hydrogens (tertiary/aromatic N) is 1. The summed E-state index contributed by atoms with van der Waals surface area (Å²) in [7, 11) is 0. The van der Waals surface area contributed by atoms with Crippen molar-refractivity contribution in [1.29, 1.82) is 0 Å². The van der Waals surface area contributed by atoms with Crippen LogP contribution in [0.15, 0.2) is 85.0 Å². The Morgan fingerprint density at radius 2 is 1.15 bits per heavy atom. The number of unbranched alkanes of at least 4 members (excludes halogenated alkanes) is 4. The molecule has 0 aliphatic rings. The van der Waals surface area contributed by atoms with E-state index in [1.807, 2.05) is 0 Å². The summed E-state index contributed by atoms with van der Waals surface area (Å²) in [6, 6.07) is 9.90. The van der Waals surface area contributed by atoms with E-state index in [0.717, 1.165) is 43.2 Å². The molecule has 4 nitrogen and oxygen atoms in total. The first-order valence-electron chi connectivity index (χ1n) is 14.2. The standard InChI is InChI=1S/C34H43Cl2NO3/c1-2-3-4-5-6-7-8-9-10-11-12-13-14-15-16-17-18-19-34(40)37(26-28-20-22-32(38)30(35)24-28)27-29-21-23-33(39)31(36)25-29/h6-7,9-10,12-13,15-16,20-25,38-39H,2-5,8,11,14,17-19,26-27H2,1H3/b7-6+,10-9+,13-12+,16-15+. The fourth-order valence-electron chi connectivity index (χ4n) is 4.06. The Hall–Kier alpha value is -2.95. The molecule has 0 atom stereocenters. The summed E-state index contributed by atoms with van der Waals surface area (Å²) in [5.74, 6) is 0.0320. The molecule has 0 aliphatic heterocycles. The minimum absolute atomic E-state index is 0.00706. The Kier molecular flexibility index (Phi) is 16.6. The zero-order valence-electron chi connectivity index (χ0n) is 23.6. The molecule has 2 aromatic carbocycles. The van der Waals surface area contributed by atoms with Crippen molar-refractivity contribution in [3.63, 3.8) is 0 Å². The van der Waals surface area contributed by atoms with Crippen molar-refractivity contribution < 1.29 is 15.0 Å². The Morgan fingerprint density at radius 3 is 1.60 bits per heavy atom. The molecule has 0 bridgehead atoms. The van der Waals surface area contributed by atoms with E-state index in [-0.39, 0.29) is 27.5 Å². The zero-order valence-corrected chi connectivity index (χ0v) is 25.1. The Morgan fingerprint density at radius 1 is 0.700 bits per heavy atom. The summed E-state index contributed by atoms with van der Waals surface area (Å²) in [5, 5.41) is 20.0. The minimum Gasteiger partial charge on any atom is -0.506 e. The topological polar surface area (TPSA) is 60.8 Å². The molecule has 2 aromatic rings. The number of hydrogen-bond donors (Lipinski definition) is 2. The van der Waals surface area contributed by atoms with Crippen LogP contribution in [-0.2, 0) is 17.9 Å². The largest absolute Gasteiger partial charge is 0.506 e. The average Bonchev–Trinajstić information content (AvgIpc) is 2.94. The lowest BCUT2D eigenvalue weighted by molar-refractivity contribution is -0.132. The third-order valence-electron chi connectivity index (χ3n) is 6.34. The number of carbonyl (C=O) groups excluding carboxylic acids is 1. The van der Waals surface area contributed by atoms with Gasteiger partial charge in [-0.3, -0.25) is 4.79 Å². The van der Waals surface area contributed by atoms with Crippen LogP contribution in [0.2, 0.25) is 10.0 Å². The summed E-state index contributed by atoms with van der Waals surface area (Å²) < 4.78 is 0. The minimum atomic E-state index is 0.00706. The van der Waals surface area contributed by atoms with Gasteiger partial charge in [-0.2, -0.15) is 0 Å². The second kappa shape index (κ2) is 20.0. The van der Waals surface area contributed by atoms with E-state index in [2.05, 4.69) is 55.5 Å². The predicted octanol–water partition coefficient (Wildman–Crippen LogP) is 10.1. The number of aromatic hydroxyl groups is 2. The molecule has 0 saturated heterocycles. The lowest BCUT2D eigenvalue weighted by Crippen LogP contribution is -2.29. The number of benzene rings is 2. The van der Waals surface area contributed by atoms with Gasteiger partial charge in [-0.25, -0.2) is 0 Å². The van der Waals surface area contributed by atoms with Crippen molar-refractivity contribution in [1.82, 2.24) is 4.90 Å². The molecular weight excluding hydrogens is 541 g/mol. The summed E-state index contributed by atoms with van der Waals surface area (Å²) in [5.41, 5.74) is 1.64. The first-order valence-corrected chi connectivity index (χ1v) is 15.0. The van der Waals surface area contributed by atoms with Gasteiger partial charge < -0.3 is 15.1 Å². The first-order chi connectivity index (χ1) is 19.4. The van der Waals surface area contributed by atoms with Crippen LogP contribution in [-0.4, -0.2) is 21.0 Å². The van der Waals surface area contributed by atoms with Gasteiger partial charge in [-0.1, -0.05) is 104 Å². The quantitative estimate of drug-likeness (QED) is 0.135. The molecule has 1 amide bonds. The smallest absolute Gasteiger partial charge is 0.223 e. The van der Waals surface area contributed by atoms with E-state index in [0.29, 0.717) is 19.5 Å². The van der Waals surface area contributed by atoms with E-state index in [1.54, 1.807) is 29.2 Å². The molecular formula is C34H43Cl2NO3. The van der Waals surface area contributed by atoms with Crippen LogP contribution >= 0.6 is 23.2 Å². The van der Waals surface area contributed by atoms with Gasteiger partial charge >= 0.3 is 0 Å². The van der Waals surface area contributed by atoms with Crippen molar-refractivity contribution in [2.75, 3.05) is 0 Å². The van der Waals surface area contributed by atoms with Gasteiger partial charge in [0.15, 0.2) is 0 Å². The number of rotatable bonds is 18. The van der Waals surface area contributed by atoms with Gasteiger partial charge in [0, 0.05) is 19.5 Å². The molecule has 6 heteroatoms. The van der Waals surface area contributed by atoms with E-state index >= 15 is 0 Å². The first kappa shape index (κ1) is 33.3. The monoisotopic (exact) mass is 583 g/mol. The summed E-state index contributed by atoms with van der Waals surface area (Å²) >= 11 is 12.1. The number of halogens is 2. The molecule has 0 saturated carbocycles. The number of hydrogen-bond acceptors (Lipinski definition) is 3. The van der Waals surface area contributed by atoms with Crippen LogP contribution in [0.25, 0.3) is 0 Å². The highest BCUT2D eigenvalue weighted by Gasteiger charge is 2.16. The van der Waals surface area contributed by atoms with E-state index in [4.69, 9.17) is 23.2 Å². The molecule has 2 rings (SSSR count). The Balaban J connectivity index is 1.75. The number of amides is 1. The van der Waals surface area contributed by atoms with Crippen LogP contribution in [0.3, 0.4) is 0 Å². The van der Waals surface area contributed by atoms with Crippen molar-refractivity contribution in [3.8, 4) is 11.5 Å². The van der Waals surface area contributed by atoms with E-state index in [9.17, 15) is 15.0 Å². The fourth-order valence-corrected chi connectivity index (χ4v) is 4.47. The molecule has 0 spiro atoms. The molecule has 0 aromatic heterocycles. The summed E-state index contributed by atoms with van der Waals surface area (Å²) in [6.07, 6.45) is 27.4. The highest BCUT2D eigenvalue weighted by atomic mass is 35.5. The highest BCUT2D eigenvalue weighted by molar-refractivity contribution is 6.32. The fraction of sp³-hybridized carbons (Fsp3) is 0.382. The second-order valence-electron chi connectivity index (χ2n) is 9.80. The second-order valence-corrected chi connectivity index (χ2v) is 10.6. The maximum Gasteiger partial charge on any atom is 0.223 e. The summed E-state index contributed by atoms with van der Waals surface area (Å²) in [6.45, 7) is 2.93. The molecule has 0 aliphatic carbocycles. The predicted molar refractivity (Wildman–Crippen MR) is 169 cm³/mol. The van der Waals surface area contributed by atoms with Gasteiger partial charge in [-0.15, -0.1) is 0 Å². The molecule has 2 N–H and O–H groups in total. The van der Waals surface area contributed by atoms with Crippen molar-refractivity contribution in [2.45, 2.75) is 84.2 Å². The highest BCUT2D eigenvalue weighted by Crippen LogP contribution is 2.27. The van der Waals surface area contributed by atoms with Gasteiger partial charge in [0.2, 0.25) is 5.91 Å². The van der Waals surface area contributed by atoms with Crippen LogP contribution in [0.1, 0.15) is 82.3 Å². The Bertz CT molecular complexity index is 1100. The lowest BCUT2D eigenvalue weighted by atomic mass is 10.1. The van der Waals surface area contributed by atoms with Crippen LogP contribution in [0.4, 0.5) is 0 Å². The van der Waals surface area contributed by atoms with Crippen LogP contribution in [0.5, 0.6) is 11.5 Å². The van der Waals surface area contributed by atoms with Gasteiger partial charge in [0.1, 0.15) is 11.5 Å². The maximum atomic E-state index is 13.1. The average molecular weight is 585 g/mol. The number of phenolic OH excluding ortho intramolecular Hbond substituents is 2. The summed E-state index contributed by atoms with van der Waals surface area (Å²) in [4.78, 5) is 14.9. The molecule has 0 heterocycles.